The van der Waals surface area contributed by atoms with Crippen LogP contribution in [0.4, 0.5) is 0 Å². The number of hydrogen-bond donors (Lipinski definition) is 2. The van der Waals surface area contributed by atoms with Gasteiger partial charge in [-0.1, -0.05) is 58.8 Å². The van der Waals surface area contributed by atoms with Gasteiger partial charge in [0.15, 0.2) is 6.54 Å². The molecule has 2 aliphatic rings. The number of rotatable bonds is 2. The van der Waals surface area contributed by atoms with E-state index in [2.05, 4.69) is 10.3 Å². The number of nitrogens with one attached hydrogen (secondary N) is 1. The summed E-state index contributed by atoms with van der Waals surface area (Å²) in [6, 6.07) is 17.4. The minimum absolute atomic E-state index is 0.0792. The van der Waals surface area contributed by atoms with Gasteiger partial charge in [0.25, 0.3) is 0 Å². The molecular weight excluding hydrogens is 278 g/mol. The topological polar surface area (TPSA) is 72.0 Å². The van der Waals surface area contributed by atoms with Gasteiger partial charge < -0.3 is 0 Å². The number of hydroxylamine groups is 1. The van der Waals surface area contributed by atoms with Gasteiger partial charge in [-0.05, 0) is 10.8 Å². The zero-order valence-corrected chi connectivity index (χ0v) is 11.7. The molecule has 2 aromatic rings. The summed E-state index contributed by atoms with van der Waals surface area (Å²) in [6.45, 7) is 0.392. The molecular formula is C16H14N5O+. The zero-order chi connectivity index (χ0) is 15.2. The third-order valence-electron chi connectivity index (χ3n) is 3.93. The predicted octanol–water partition coefficient (Wildman–Crippen LogP) is 1.53. The number of benzene rings is 2. The number of nitrogens with zero attached hydrogens (tertiary/aromatic N) is 4. The fourth-order valence-electron chi connectivity index (χ4n) is 2.91. The second kappa shape index (κ2) is 4.59. The van der Waals surface area contributed by atoms with Crippen molar-refractivity contribution in [3.05, 3.63) is 70.6 Å². The Morgan fingerprint density at radius 3 is 2.59 bits per heavy atom. The van der Waals surface area contributed by atoms with E-state index in [-0.39, 0.29) is 10.5 Å². The lowest BCUT2D eigenvalue weighted by atomic mass is 10.1. The van der Waals surface area contributed by atoms with Crippen LogP contribution >= 0.6 is 0 Å². The van der Waals surface area contributed by atoms with Crippen LogP contribution in [0.25, 0.3) is 11.9 Å². The smallest absolute Gasteiger partial charge is 0.243 e. The molecule has 22 heavy (non-hydrogen) atoms. The summed E-state index contributed by atoms with van der Waals surface area (Å²) in [6.07, 6.45) is 1.62. The molecule has 0 fully saturated rings. The van der Waals surface area contributed by atoms with Crippen molar-refractivity contribution in [1.29, 1.82) is 5.41 Å². The van der Waals surface area contributed by atoms with Gasteiger partial charge in [-0.25, -0.2) is 5.21 Å². The maximum absolute atomic E-state index is 10.5. The Kier molecular flexibility index (Phi) is 2.69. The van der Waals surface area contributed by atoms with Crippen LogP contribution in [0.1, 0.15) is 5.56 Å². The van der Waals surface area contributed by atoms with Crippen molar-refractivity contribution < 1.29 is 9.91 Å². The van der Waals surface area contributed by atoms with Crippen LogP contribution in [0.3, 0.4) is 0 Å². The molecule has 0 amide bonds. The van der Waals surface area contributed by atoms with E-state index in [9.17, 15) is 5.21 Å². The number of hydrogen-bond acceptors (Lipinski definition) is 4. The van der Waals surface area contributed by atoms with Gasteiger partial charge in [0.05, 0.1) is 16.6 Å². The molecule has 2 N–H and O–H groups in total. The van der Waals surface area contributed by atoms with Crippen LogP contribution in [-0.2, 0) is 6.54 Å². The van der Waals surface area contributed by atoms with Gasteiger partial charge in [0.1, 0.15) is 0 Å². The van der Waals surface area contributed by atoms with Crippen molar-refractivity contribution in [1.82, 2.24) is 5.17 Å². The monoisotopic (exact) mass is 292 g/mol. The van der Waals surface area contributed by atoms with E-state index in [1.165, 1.54) is 0 Å². The minimum atomic E-state index is -0.250. The molecule has 6 nitrogen and oxygen atoms in total. The lowest BCUT2D eigenvalue weighted by molar-refractivity contribution is -1.02. The number of quaternary nitrogens is 1. The highest BCUT2D eigenvalue weighted by molar-refractivity contribution is 6.13. The van der Waals surface area contributed by atoms with Crippen molar-refractivity contribution >= 4 is 17.7 Å². The summed E-state index contributed by atoms with van der Waals surface area (Å²) in [7, 11) is 0. The molecule has 2 aliphatic heterocycles. The molecule has 0 aliphatic carbocycles. The second-order valence-electron chi connectivity index (χ2n) is 5.30. The Hall–Kier alpha value is -2.83. The summed E-state index contributed by atoms with van der Waals surface area (Å²) in [5.74, 6) is 0.0792. The average molecular weight is 292 g/mol. The lowest BCUT2D eigenvalue weighted by Gasteiger charge is -2.33. The quantitative estimate of drug-likeness (QED) is 0.824. The third-order valence-corrected chi connectivity index (χ3v) is 3.93. The molecule has 0 spiro atoms. The average Bonchev–Trinajstić information content (AvgIpc) is 2.87. The van der Waals surface area contributed by atoms with Gasteiger partial charge in [-0.2, -0.15) is 0 Å². The molecule has 1 atom stereocenters. The van der Waals surface area contributed by atoms with Crippen molar-refractivity contribution in [2.45, 2.75) is 6.54 Å². The van der Waals surface area contributed by atoms with Crippen LogP contribution in [0, 0.1) is 5.41 Å². The lowest BCUT2D eigenvalue weighted by Crippen LogP contribution is -2.56. The summed E-state index contributed by atoms with van der Waals surface area (Å²) >= 11 is 0. The van der Waals surface area contributed by atoms with Gasteiger partial charge >= 0.3 is 0 Å². The van der Waals surface area contributed by atoms with Crippen LogP contribution in [0.5, 0.6) is 0 Å². The molecule has 4 rings (SSSR count). The van der Waals surface area contributed by atoms with Crippen molar-refractivity contribution in [3.63, 3.8) is 0 Å². The van der Waals surface area contributed by atoms with E-state index >= 15 is 0 Å². The molecule has 0 radical (unpaired) electrons. The standard InChI is InChI=1S/C16H14N5O/c17-16-15-14-9-5-4-8-13(14)10-20(22)21(15,19-18-16)11-12-6-2-1-3-7-12/h1-10,17,22H,11H2/q+1. The van der Waals surface area contributed by atoms with Crippen LogP contribution in [0.15, 0.2) is 64.9 Å². The highest BCUT2D eigenvalue weighted by atomic mass is 16.6. The van der Waals surface area contributed by atoms with Gasteiger partial charge in [0, 0.05) is 10.8 Å². The van der Waals surface area contributed by atoms with Gasteiger partial charge in [-0.3, -0.25) is 5.41 Å². The second-order valence-corrected chi connectivity index (χ2v) is 5.30. The fourth-order valence-corrected chi connectivity index (χ4v) is 2.91. The molecule has 1 unspecified atom stereocenters. The van der Waals surface area contributed by atoms with E-state index in [0.717, 1.165) is 21.2 Å². The Labute approximate surface area is 126 Å². The number of fused-ring (bicyclic) bond motifs is 2. The van der Waals surface area contributed by atoms with Crippen LogP contribution < -0.4 is 10.4 Å². The first-order chi connectivity index (χ1) is 10.7. The van der Waals surface area contributed by atoms with Crippen LogP contribution in [0.2, 0.25) is 0 Å². The van der Waals surface area contributed by atoms with Crippen molar-refractivity contribution in [3.8, 4) is 0 Å². The van der Waals surface area contributed by atoms with Gasteiger partial charge in [0.2, 0.25) is 11.5 Å². The van der Waals surface area contributed by atoms with E-state index in [1.54, 1.807) is 6.20 Å². The van der Waals surface area contributed by atoms with Crippen LogP contribution in [-0.4, -0.2) is 20.9 Å². The first kappa shape index (κ1) is 12.9. The molecule has 6 heteroatoms. The SMILES string of the molecule is N=C1N=N[N+]2(Cc3ccccc3)C1=c1ccccc1=CN2O. The minimum Gasteiger partial charge on any atom is -0.276 e. The maximum atomic E-state index is 10.5. The van der Waals surface area contributed by atoms with E-state index < -0.39 is 0 Å². The molecule has 0 saturated carbocycles. The predicted molar refractivity (Wildman–Crippen MR) is 80.2 cm³/mol. The number of amidine groups is 1. The normalized spacial score (nSPS) is 22.3. The Balaban J connectivity index is 1.97. The Bertz CT molecular complexity index is 906. The van der Waals surface area contributed by atoms with E-state index in [1.807, 2.05) is 54.6 Å². The largest absolute Gasteiger partial charge is 0.276 e. The highest BCUT2D eigenvalue weighted by Gasteiger charge is 2.50. The summed E-state index contributed by atoms with van der Waals surface area (Å²) < 4.78 is -0.250. The van der Waals surface area contributed by atoms with Crippen molar-refractivity contribution in [2.75, 3.05) is 0 Å². The summed E-state index contributed by atoms with van der Waals surface area (Å²) in [5.41, 5.74) is 1.59. The van der Waals surface area contributed by atoms with E-state index in [0.29, 0.717) is 12.2 Å². The fraction of sp³-hybridized carbons (Fsp3) is 0.0625. The van der Waals surface area contributed by atoms with Gasteiger partial charge in [-0.15, -0.1) is 0 Å². The molecule has 0 saturated heterocycles. The zero-order valence-electron chi connectivity index (χ0n) is 11.7. The Morgan fingerprint density at radius 2 is 1.77 bits per heavy atom. The maximum Gasteiger partial charge on any atom is 0.243 e. The summed E-state index contributed by atoms with van der Waals surface area (Å²) in [4.78, 5) is 0. The third kappa shape index (κ3) is 1.71. The summed E-state index contributed by atoms with van der Waals surface area (Å²) in [5, 5.41) is 29.5. The first-order valence-corrected chi connectivity index (χ1v) is 6.95. The first-order valence-electron chi connectivity index (χ1n) is 6.95. The molecule has 0 bridgehead atoms. The van der Waals surface area contributed by atoms with E-state index in [4.69, 9.17) is 5.41 Å². The Morgan fingerprint density at radius 1 is 1.05 bits per heavy atom. The molecule has 108 valence electrons. The molecule has 0 aromatic heterocycles. The molecule has 2 heterocycles. The highest BCUT2D eigenvalue weighted by Crippen LogP contribution is 2.33. The van der Waals surface area contributed by atoms with Crippen molar-refractivity contribution in [2.24, 2.45) is 10.3 Å². The molecule has 2 aromatic carbocycles.